The highest BCUT2D eigenvalue weighted by Gasteiger charge is 2.07. The van der Waals surface area contributed by atoms with Crippen LogP contribution in [0, 0.1) is 0 Å². The lowest BCUT2D eigenvalue weighted by Gasteiger charge is -2.15. The SMILES string of the molecule is CC(C)c1ccccc1Nc1ccc(Br)cc1N. The van der Waals surface area contributed by atoms with Gasteiger partial charge in [0, 0.05) is 10.2 Å². The van der Waals surface area contributed by atoms with Crippen molar-refractivity contribution < 1.29 is 0 Å². The van der Waals surface area contributed by atoms with E-state index in [1.165, 1.54) is 5.56 Å². The fourth-order valence-corrected chi connectivity index (χ4v) is 2.29. The van der Waals surface area contributed by atoms with Crippen LogP contribution in [0.4, 0.5) is 17.1 Å². The first-order valence-corrected chi connectivity index (χ1v) is 6.78. The zero-order valence-corrected chi connectivity index (χ0v) is 12.2. The van der Waals surface area contributed by atoms with Crippen LogP contribution in [0.2, 0.25) is 0 Å². The maximum absolute atomic E-state index is 6.00. The Morgan fingerprint density at radius 2 is 1.78 bits per heavy atom. The zero-order valence-electron chi connectivity index (χ0n) is 10.6. The molecule has 3 N–H and O–H groups in total. The van der Waals surface area contributed by atoms with Gasteiger partial charge in [-0.05, 0) is 35.7 Å². The van der Waals surface area contributed by atoms with Crippen LogP contribution in [0.1, 0.15) is 25.3 Å². The Kier molecular flexibility index (Phi) is 3.92. The van der Waals surface area contributed by atoms with Crippen molar-refractivity contribution in [1.82, 2.24) is 0 Å². The molecule has 2 rings (SSSR count). The minimum Gasteiger partial charge on any atom is -0.397 e. The first-order valence-electron chi connectivity index (χ1n) is 5.99. The molecule has 0 spiro atoms. The van der Waals surface area contributed by atoms with Gasteiger partial charge in [-0.1, -0.05) is 48.0 Å². The topological polar surface area (TPSA) is 38.0 Å². The molecule has 0 fully saturated rings. The van der Waals surface area contributed by atoms with E-state index in [1.807, 2.05) is 24.3 Å². The summed E-state index contributed by atoms with van der Waals surface area (Å²) in [5.74, 6) is 0.477. The summed E-state index contributed by atoms with van der Waals surface area (Å²) in [6.45, 7) is 4.37. The highest BCUT2D eigenvalue weighted by molar-refractivity contribution is 9.10. The molecule has 0 unspecified atom stereocenters. The number of nitrogens with one attached hydrogen (secondary N) is 1. The molecule has 0 amide bonds. The van der Waals surface area contributed by atoms with Crippen LogP contribution in [-0.4, -0.2) is 0 Å². The normalized spacial score (nSPS) is 10.7. The van der Waals surface area contributed by atoms with Crippen molar-refractivity contribution in [3.8, 4) is 0 Å². The summed E-state index contributed by atoms with van der Waals surface area (Å²) in [4.78, 5) is 0. The smallest absolute Gasteiger partial charge is 0.0618 e. The van der Waals surface area contributed by atoms with Gasteiger partial charge in [-0.2, -0.15) is 0 Å². The summed E-state index contributed by atoms with van der Waals surface area (Å²) in [5.41, 5.74) is 10.1. The number of rotatable bonds is 3. The zero-order chi connectivity index (χ0) is 13.1. The number of anilines is 3. The molecule has 0 atom stereocenters. The number of hydrogen-bond acceptors (Lipinski definition) is 2. The molecule has 0 aliphatic heterocycles. The minimum atomic E-state index is 0.477. The van der Waals surface area contributed by atoms with Gasteiger partial charge < -0.3 is 11.1 Å². The molecule has 0 saturated carbocycles. The molecule has 2 aromatic carbocycles. The van der Waals surface area contributed by atoms with Crippen molar-refractivity contribution in [3.05, 3.63) is 52.5 Å². The van der Waals surface area contributed by atoms with Gasteiger partial charge in [-0.25, -0.2) is 0 Å². The molecule has 3 heteroatoms. The van der Waals surface area contributed by atoms with Crippen molar-refractivity contribution in [2.45, 2.75) is 19.8 Å². The predicted molar refractivity (Wildman–Crippen MR) is 82.4 cm³/mol. The van der Waals surface area contributed by atoms with E-state index in [-0.39, 0.29) is 0 Å². The van der Waals surface area contributed by atoms with Gasteiger partial charge in [0.2, 0.25) is 0 Å². The molecule has 18 heavy (non-hydrogen) atoms. The minimum absolute atomic E-state index is 0.477. The second-order valence-corrected chi connectivity index (χ2v) is 5.51. The van der Waals surface area contributed by atoms with Crippen LogP contribution in [0.3, 0.4) is 0 Å². The van der Waals surface area contributed by atoms with Gasteiger partial charge in [0.25, 0.3) is 0 Å². The van der Waals surface area contributed by atoms with Crippen molar-refractivity contribution in [2.24, 2.45) is 0 Å². The van der Waals surface area contributed by atoms with Crippen molar-refractivity contribution >= 4 is 33.0 Å². The molecule has 0 heterocycles. The Balaban J connectivity index is 2.34. The van der Waals surface area contributed by atoms with Gasteiger partial charge in [0.1, 0.15) is 0 Å². The van der Waals surface area contributed by atoms with Crippen molar-refractivity contribution in [2.75, 3.05) is 11.1 Å². The highest BCUT2D eigenvalue weighted by Crippen LogP contribution is 2.30. The summed E-state index contributed by atoms with van der Waals surface area (Å²) in [5, 5.41) is 3.40. The van der Waals surface area contributed by atoms with Gasteiger partial charge in [0.15, 0.2) is 0 Å². The molecule has 0 aliphatic rings. The van der Waals surface area contributed by atoms with Crippen LogP contribution in [0.5, 0.6) is 0 Å². The first-order chi connectivity index (χ1) is 8.58. The molecular formula is C15H17BrN2. The molecule has 0 saturated heterocycles. The van der Waals surface area contributed by atoms with Crippen LogP contribution in [0.15, 0.2) is 46.9 Å². The number of para-hydroxylation sites is 1. The lowest BCUT2D eigenvalue weighted by atomic mass is 10.0. The second kappa shape index (κ2) is 5.44. The molecule has 0 aliphatic carbocycles. The Hall–Kier alpha value is -1.48. The van der Waals surface area contributed by atoms with Gasteiger partial charge in [-0.3, -0.25) is 0 Å². The number of halogens is 1. The van der Waals surface area contributed by atoms with E-state index >= 15 is 0 Å². The van der Waals surface area contributed by atoms with E-state index in [9.17, 15) is 0 Å². The van der Waals surface area contributed by atoms with Crippen molar-refractivity contribution in [3.63, 3.8) is 0 Å². The Morgan fingerprint density at radius 3 is 2.44 bits per heavy atom. The summed E-state index contributed by atoms with van der Waals surface area (Å²) in [7, 11) is 0. The number of hydrogen-bond donors (Lipinski definition) is 2. The molecular weight excluding hydrogens is 288 g/mol. The highest BCUT2D eigenvalue weighted by atomic mass is 79.9. The Bertz CT molecular complexity index is 550. The van der Waals surface area contributed by atoms with E-state index in [0.29, 0.717) is 5.92 Å². The van der Waals surface area contributed by atoms with E-state index in [1.54, 1.807) is 0 Å². The summed E-state index contributed by atoms with van der Waals surface area (Å²) < 4.78 is 0.989. The van der Waals surface area contributed by atoms with Crippen LogP contribution in [-0.2, 0) is 0 Å². The summed E-state index contributed by atoms with van der Waals surface area (Å²) in [6.07, 6.45) is 0. The molecule has 0 radical (unpaired) electrons. The van der Waals surface area contributed by atoms with Gasteiger partial charge >= 0.3 is 0 Å². The fourth-order valence-electron chi connectivity index (χ4n) is 1.91. The molecule has 2 aromatic rings. The molecule has 94 valence electrons. The second-order valence-electron chi connectivity index (χ2n) is 4.60. The third-order valence-corrected chi connectivity index (χ3v) is 3.36. The van der Waals surface area contributed by atoms with E-state index in [4.69, 9.17) is 5.73 Å². The third kappa shape index (κ3) is 2.85. The predicted octanol–water partition coefficient (Wildman–Crippen LogP) is 4.90. The average Bonchev–Trinajstić information content (AvgIpc) is 2.33. The van der Waals surface area contributed by atoms with Gasteiger partial charge in [-0.15, -0.1) is 0 Å². The van der Waals surface area contributed by atoms with Gasteiger partial charge in [0.05, 0.1) is 11.4 Å². The van der Waals surface area contributed by atoms with Crippen LogP contribution < -0.4 is 11.1 Å². The average molecular weight is 305 g/mol. The maximum atomic E-state index is 6.00. The Morgan fingerprint density at radius 1 is 1.06 bits per heavy atom. The molecule has 2 nitrogen and oxygen atoms in total. The van der Waals surface area contributed by atoms with Crippen molar-refractivity contribution in [1.29, 1.82) is 0 Å². The monoisotopic (exact) mass is 304 g/mol. The van der Waals surface area contributed by atoms with E-state index in [2.05, 4.69) is 53.3 Å². The summed E-state index contributed by atoms with van der Waals surface area (Å²) >= 11 is 3.41. The van der Waals surface area contributed by atoms with E-state index in [0.717, 1.165) is 21.5 Å². The van der Waals surface area contributed by atoms with E-state index < -0.39 is 0 Å². The van der Waals surface area contributed by atoms with Crippen LogP contribution >= 0.6 is 15.9 Å². The summed E-state index contributed by atoms with van der Waals surface area (Å²) in [6, 6.07) is 14.2. The number of nitrogen functional groups attached to an aromatic ring is 1. The molecule has 0 bridgehead atoms. The first kappa shape index (κ1) is 13.0. The third-order valence-electron chi connectivity index (χ3n) is 2.87. The standard InChI is InChI=1S/C15H17BrN2/c1-10(2)12-5-3-4-6-14(12)18-15-8-7-11(16)9-13(15)17/h3-10,18H,17H2,1-2H3. The largest absolute Gasteiger partial charge is 0.397 e. The Labute approximate surface area is 116 Å². The number of nitrogens with two attached hydrogens (primary N) is 1. The lowest BCUT2D eigenvalue weighted by molar-refractivity contribution is 0.869. The lowest BCUT2D eigenvalue weighted by Crippen LogP contribution is -2.00. The maximum Gasteiger partial charge on any atom is 0.0618 e. The van der Waals surface area contributed by atoms with Crippen LogP contribution in [0.25, 0.3) is 0 Å². The number of benzene rings is 2. The molecule has 0 aromatic heterocycles. The fraction of sp³-hybridized carbons (Fsp3) is 0.200. The quantitative estimate of drug-likeness (QED) is 0.792.